The Balaban J connectivity index is 1.56. The van der Waals surface area contributed by atoms with Gasteiger partial charge in [-0.1, -0.05) is 32.8 Å². The molecule has 1 aliphatic carbocycles. The van der Waals surface area contributed by atoms with E-state index in [9.17, 15) is 4.79 Å². The Morgan fingerprint density at radius 3 is 2.62 bits per heavy atom. The number of carbonyl (C=O) groups excluding carboxylic acids is 1. The quantitative estimate of drug-likeness (QED) is 0.514. The molecule has 184 valence electrons. The van der Waals surface area contributed by atoms with Crippen molar-refractivity contribution in [2.45, 2.75) is 65.0 Å². The van der Waals surface area contributed by atoms with Crippen molar-refractivity contribution < 1.29 is 4.79 Å². The first kappa shape index (κ1) is 24.2. The van der Waals surface area contributed by atoms with Crippen molar-refractivity contribution in [3.05, 3.63) is 29.3 Å². The van der Waals surface area contributed by atoms with Crippen LogP contribution < -0.4 is 21.3 Å². The maximum Gasteiger partial charge on any atom is 0.248 e. The molecule has 1 aliphatic heterocycles. The first-order chi connectivity index (χ1) is 16.3. The van der Waals surface area contributed by atoms with Crippen molar-refractivity contribution in [3.8, 4) is 0 Å². The summed E-state index contributed by atoms with van der Waals surface area (Å²) in [6.07, 6.45) is 6.43. The van der Waals surface area contributed by atoms with Gasteiger partial charge in [0.05, 0.1) is 0 Å². The molecule has 9 nitrogen and oxygen atoms in total. The summed E-state index contributed by atoms with van der Waals surface area (Å²) in [5.41, 5.74) is 7.64. The summed E-state index contributed by atoms with van der Waals surface area (Å²) in [4.78, 5) is 30.4. The lowest BCUT2D eigenvalue weighted by molar-refractivity contribution is 0.100. The van der Waals surface area contributed by atoms with Gasteiger partial charge >= 0.3 is 0 Å². The molecule has 1 aromatic heterocycles. The number of rotatable bonds is 9. The van der Waals surface area contributed by atoms with E-state index >= 15 is 0 Å². The number of carbonyl (C=O) groups is 1. The molecule has 0 radical (unpaired) electrons. The van der Waals surface area contributed by atoms with Gasteiger partial charge in [-0.3, -0.25) is 9.69 Å². The van der Waals surface area contributed by atoms with Crippen LogP contribution in [0, 0.1) is 12.8 Å². The highest BCUT2D eigenvalue weighted by molar-refractivity contribution is 5.94. The number of nitrogens with one attached hydrogen (secondary N) is 2. The van der Waals surface area contributed by atoms with E-state index in [0.29, 0.717) is 35.4 Å². The molecular weight excluding hydrogens is 428 g/mol. The van der Waals surface area contributed by atoms with Crippen LogP contribution >= 0.6 is 0 Å². The first-order valence-electron chi connectivity index (χ1n) is 12.4. The van der Waals surface area contributed by atoms with E-state index in [1.165, 1.54) is 25.7 Å². The number of aryl methyl sites for hydroxylation is 1. The number of hydrogen-bond acceptors (Lipinski definition) is 8. The van der Waals surface area contributed by atoms with Crippen molar-refractivity contribution in [3.63, 3.8) is 0 Å². The smallest absolute Gasteiger partial charge is 0.248 e. The van der Waals surface area contributed by atoms with Crippen LogP contribution in [-0.4, -0.2) is 64.5 Å². The molecule has 2 heterocycles. The predicted molar refractivity (Wildman–Crippen MR) is 137 cm³/mol. The normalized spacial score (nSPS) is 19.0. The maximum absolute atomic E-state index is 11.7. The molecule has 1 saturated heterocycles. The average molecular weight is 467 g/mol. The van der Waals surface area contributed by atoms with Crippen molar-refractivity contribution in [2.75, 3.05) is 42.2 Å². The van der Waals surface area contributed by atoms with Crippen molar-refractivity contribution in [2.24, 2.45) is 11.7 Å². The number of anilines is 4. The molecule has 2 aliphatic rings. The van der Waals surface area contributed by atoms with Gasteiger partial charge in [0.1, 0.15) is 0 Å². The molecule has 0 unspecified atom stereocenters. The van der Waals surface area contributed by atoms with Gasteiger partial charge < -0.3 is 21.3 Å². The van der Waals surface area contributed by atoms with Crippen molar-refractivity contribution in [1.29, 1.82) is 0 Å². The van der Waals surface area contributed by atoms with E-state index in [0.717, 1.165) is 43.3 Å². The monoisotopic (exact) mass is 466 g/mol. The molecule has 2 fully saturated rings. The zero-order valence-electron chi connectivity index (χ0n) is 20.8. The minimum atomic E-state index is -0.466. The number of hydrogen-bond donors (Lipinski definition) is 3. The minimum absolute atomic E-state index is 0.319. The second-order valence-corrected chi connectivity index (χ2v) is 10.1. The van der Waals surface area contributed by atoms with E-state index < -0.39 is 5.91 Å². The van der Waals surface area contributed by atoms with E-state index in [2.05, 4.69) is 44.2 Å². The Morgan fingerprint density at radius 2 is 1.91 bits per heavy atom. The average Bonchev–Trinajstić information content (AvgIpc) is 3.46. The number of nitrogens with two attached hydrogens (primary N) is 1. The number of primary amides is 1. The Hall–Kier alpha value is -2.94. The highest BCUT2D eigenvalue weighted by Crippen LogP contribution is 2.28. The molecule has 2 aromatic rings. The van der Waals surface area contributed by atoms with Gasteiger partial charge in [0.15, 0.2) is 0 Å². The van der Waals surface area contributed by atoms with Crippen molar-refractivity contribution >= 4 is 29.4 Å². The van der Waals surface area contributed by atoms with Gasteiger partial charge in [-0.2, -0.15) is 15.0 Å². The summed E-state index contributed by atoms with van der Waals surface area (Å²) in [5.74, 6) is 1.64. The molecule has 4 rings (SSSR count). The number of likely N-dealkylation sites (tertiary alicyclic amines) is 1. The standard InChI is InChI=1S/C25H38N8O/c1-16(2)14-32(4)25-30-23(27-19-11-12-33(15-19)20-7-5-6-8-20)29-24(31-25)28-21-13-18(22(26)34)10-9-17(21)3/h9-10,13,16,19-20H,5-8,11-12,14-15H2,1-4H3,(H2,26,34)(H2,27,28,29,30,31)/t19-/m0/s1. The summed E-state index contributed by atoms with van der Waals surface area (Å²) in [5, 5.41) is 6.86. The molecule has 0 spiro atoms. The van der Waals surface area contributed by atoms with Gasteiger partial charge in [0.25, 0.3) is 0 Å². The number of aromatic nitrogens is 3. The van der Waals surface area contributed by atoms with E-state index in [4.69, 9.17) is 10.7 Å². The molecule has 0 bridgehead atoms. The largest absolute Gasteiger partial charge is 0.366 e. The van der Waals surface area contributed by atoms with Crippen LogP contribution in [-0.2, 0) is 0 Å². The molecule has 1 amide bonds. The molecule has 9 heteroatoms. The Morgan fingerprint density at radius 1 is 1.18 bits per heavy atom. The molecule has 1 aromatic carbocycles. The first-order valence-corrected chi connectivity index (χ1v) is 12.4. The zero-order chi connectivity index (χ0) is 24.2. The van der Waals surface area contributed by atoms with Gasteiger partial charge in [-0.25, -0.2) is 0 Å². The summed E-state index contributed by atoms with van der Waals surface area (Å²) >= 11 is 0. The minimum Gasteiger partial charge on any atom is -0.366 e. The van der Waals surface area contributed by atoms with E-state index in [1.54, 1.807) is 12.1 Å². The Kier molecular flexibility index (Phi) is 7.50. The third kappa shape index (κ3) is 5.94. The zero-order valence-corrected chi connectivity index (χ0v) is 20.8. The molecule has 34 heavy (non-hydrogen) atoms. The number of nitrogens with zero attached hydrogens (tertiary/aromatic N) is 5. The SMILES string of the molecule is Cc1ccc(C(N)=O)cc1Nc1nc(N[C@H]2CCN(C3CCCC3)C2)nc(N(C)CC(C)C)n1. The second-order valence-electron chi connectivity index (χ2n) is 10.1. The van der Waals surface area contributed by atoms with Crippen LogP contribution in [0.3, 0.4) is 0 Å². The fourth-order valence-corrected chi connectivity index (χ4v) is 5.00. The lowest BCUT2D eigenvalue weighted by Gasteiger charge is -2.24. The topological polar surface area (TPSA) is 112 Å². The highest BCUT2D eigenvalue weighted by Gasteiger charge is 2.30. The Bertz CT molecular complexity index is 1000. The molecule has 1 saturated carbocycles. The number of amides is 1. The maximum atomic E-state index is 11.7. The van der Waals surface area contributed by atoms with Crippen LogP contribution in [0.2, 0.25) is 0 Å². The summed E-state index contributed by atoms with van der Waals surface area (Å²) < 4.78 is 0. The van der Waals surface area contributed by atoms with Gasteiger partial charge in [0.2, 0.25) is 23.8 Å². The van der Waals surface area contributed by atoms with Crippen LogP contribution in [0.15, 0.2) is 18.2 Å². The highest BCUT2D eigenvalue weighted by atomic mass is 16.1. The molecule has 1 atom stereocenters. The lowest BCUT2D eigenvalue weighted by Crippen LogP contribution is -2.33. The van der Waals surface area contributed by atoms with Gasteiger partial charge in [0, 0.05) is 50.0 Å². The summed E-state index contributed by atoms with van der Waals surface area (Å²) in [6.45, 7) is 9.29. The van der Waals surface area contributed by atoms with E-state index in [-0.39, 0.29) is 0 Å². The fraction of sp³-hybridized carbons (Fsp3) is 0.600. The lowest BCUT2D eigenvalue weighted by atomic mass is 10.1. The van der Waals surface area contributed by atoms with Gasteiger partial charge in [-0.05, 0) is 49.8 Å². The second kappa shape index (κ2) is 10.5. The van der Waals surface area contributed by atoms with Crippen LogP contribution in [0.1, 0.15) is 61.9 Å². The van der Waals surface area contributed by atoms with E-state index in [1.807, 2.05) is 20.0 Å². The molecule has 4 N–H and O–H groups in total. The number of benzene rings is 1. The van der Waals surface area contributed by atoms with Crippen LogP contribution in [0.4, 0.5) is 23.5 Å². The predicted octanol–water partition coefficient (Wildman–Crippen LogP) is 3.54. The van der Waals surface area contributed by atoms with Gasteiger partial charge in [-0.15, -0.1) is 0 Å². The molecular formula is C25H38N8O. The summed E-state index contributed by atoms with van der Waals surface area (Å²) in [6, 6.07) is 6.38. The van der Waals surface area contributed by atoms with Crippen molar-refractivity contribution in [1.82, 2.24) is 19.9 Å². The third-order valence-corrected chi connectivity index (χ3v) is 6.77. The van der Waals surface area contributed by atoms with Crippen LogP contribution in [0.25, 0.3) is 0 Å². The third-order valence-electron chi connectivity index (χ3n) is 6.77. The van der Waals surface area contributed by atoms with Crippen LogP contribution in [0.5, 0.6) is 0 Å². The summed E-state index contributed by atoms with van der Waals surface area (Å²) in [7, 11) is 2.00. The Labute approximate surface area is 202 Å². The fourth-order valence-electron chi connectivity index (χ4n) is 5.00.